The highest BCUT2D eigenvalue weighted by Crippen LogP contribution is 2.32. The highest BCUT2D eigenvalue weighted by molar-refractivity contribution is 6.26. The number of esters is 1. The van der Waals surface area contributed by atoms with Crippen LogP contribution >= 0.6 is 0 Å². The Hall–Kier alpha value is -3.60. The summed E-state index contributed by atoms with van der Waals surface area (Å²) in [5.41, 5.74) is 0.390. The molecule has 11 nitrogen and oxygen atoms in total. The quantitative estimate of drug-likeness (QED) is 0.0670. The summed E-state index contributed by atoms with van der Waals surface area (Å²) in [6.45, 7) is 3.33. The Kier molecular flexibility index (Phi) is 17.9. The molecule has 0 radical (unpaired) electrons. The normalized spacial score (nSPS) is 15.9. The Morgan fingerprint density at radius 2 is 1.40 bits per heavy atom. The molecule has 0 spiro atoms. The summed E-state index contributed by atoms with van der Waals surface area (Å²) in [4.78, 5) is 75.4. The fraction of sp³-hybridized carbons (Fsp3) is 0.676. The summed E-state index contributed by atoms with van der Waals surface area (Å²) < 4.78 is 10.8. The average molecular weight is 670 g/mol. The first-order valence-electron chi connectivity index (χ1n) is 18.2. The first kappa shape index (κ1) is 38.8. The highest BCUT2D eigenvalue weighted by Gasteiger charge is 2.45. The van der Waals surface area contributed by atoms with E-state index in [1.54, 1.807) is 12.1 Å². The maximum absolute atomic E-state index is 13.2. The summed E-state index contributed by atoms with van der Waals surface area (Å²) in [6.07, 6.45) is 19.4. The van der Waals surface area contributed by atoms with Gasteiger partial charge in [0.2, 0.25) is 17.7 Å². The number of hydrogen-bond donors (Lipinski definition) is 2. The molecule has 5 amide bonds. The summed E-state index contributed by atoms with van der Waals surface area (Å²) in [5.74, 6) is -2.88. The Labute approximate surface area is 285 Å². The van der Waals surface area contributed by atoms with Crippen LogP contribution in [0.3, 0.4) is 0 Å². The zero-order chi connectivity index (χ0) is 34.6. The van der Waals surface area contributed by atoms with E-state index in [4.69, 9.17) is 9.47 Å². The molecule has 0 bridgehead atoms. The molecule has 11 heteroatoms. The van der Waals surface area contributed by atoms with Gasteiger partial charge in [0.1, 0.15) is 12.6 Å². The number of carbonyl (C=O) groups is 6. The van der Waals surface area contributed by atoms with Gasteiger partial charge in [0.05, 0.1) is 23.4 Å². The highest BCUT2D eigenvalue weighted by atomic mass is 16.6. The number of nitrogens with one attached hydrogen (secondary N) is 2. The molecule has 2 aliphatic heterocycles. The van der Waals surface area contributed by atoms with E-state index in [-0.39, 0.29) is 54.6 Å². The van der Waals surface area contributed by atoms with E-state index in [0.717, 1.165) is 30.6 Å². The maximum Gasteiger partial charge on any atom is 0.305 e. The van der Waals surface area contributed by atoms with Gasteiger partial charge in [-0.25, -0.2) is 0 Å². The predicted octanol–water partition coefficient (Wildman–Crippen LogP) is 6.63. The van der Waals surface area contributed by atoms with Gasteiger partial charge in [0.15, 0.2) is 0 Å². The first-order chi connectivity index (χ1) is 23.3. The average Bonchev–Trinajstić information content (AvgIpc) is 3.32. The Morgan fingerprint density at radius 3 is 2.06 bits per heavy atom. The van der Waals surface area contributed by atoms with Crippen LogP contribution in [0.5, 0.6) is 0 Å². The fourth-order valence-corrected chi connectivity index (χ4v) is 6.17. The second kappa shape index (κ2) is 22.1. The van der Waals surface area contributed by atoms with Gasteiger partial charge < -0.3 is 14.8 Å². The number of nitrogens with zero attached hydrogens (tertiary/aromatic N) is 1. The van der Waals surface area contributed by atoms with Crippen LogP contribution in [-0.2, 0) is 28.7 Å². The third kappa shape index (κ3) is 13.1. The molecule has 1 saturated heterocycles. The van der Waals surface area contributed by atoms with Crippen molar-refractivity contribution >= 4 is 41.2 Å². The molecule has 2 aliphatic rings. The molecule has 1 fully saturated rings. The van der Waals surface area contributed by atoms with E-state index >= 15 is 0 Å². The van der Waals surface area contributed by atoms with Crippen molar-refractivity contribution in [3.63, 3.8) is 0 Å². The van der Waals surface area contributed by atoms with Crippen LogP contribution in [-0.4, -0.2) is 66.3 Å². The Bertz CT molecular complexity index is 1230. The van der Waals surface area contributed by atoms with Crippen molar-refractivity contribution < 1.29 is 38.2 Å². The molecular weight excluding hydrogens is 614 g/mol. The second-order valence-corrected chi connectivity index (χ2v) is 12.9. The molecule has 1 aromatic rings. The number of piperidine rings is 1. The number of unbranched alkanes of at least 4 members (excludes halogenated alkanes) is 14. The van der Waals surface area contributed by atoms with Crippen LogP contribution in [0.4, 0.5) is 5.69 Å². The predicted molar refractivity (Wildman–Crippen MR) is 182 cm³/mol. The van der Waals surface area contributed by atoms with E-state index < -0.39 is 29.7 Å². The van der Waals surface area contributed by atoms with E-state index in [2.05, 4.69) is 17.6 Å². The number of hydrogen-bond acceptors (Lipinski definition) is 8. The lowest BCUT2D eigenvalue weighted by molar-refractivity contribution is -0.145. The third-order valence-corrected chi connectivity index (χ3v) is 8.91. The standard InChI is InChI=1S/C37H55N3O8/c1-2-3-4-5-6-7-8-9-10-11-12-13-16-22-33(43)48-27-26-47-25-17-14-15-21-31(41)38-29-20-18-19-28-34(29)37(46)40(36(28)45)30-23-24-32(42)39-35(30)44/h18-20,30H,2-17,21-27H2,1H3,(H,38,41)(H,39,42,44). The van der Waals surface area contributed by atoms with E-state index in [9.17, 15) is 28.8 Å². The van der Waals surface area contributed by atoms with Gasteiger partial charge in [-0.05, 0) is 37.8 Å². The molecule has 1 aromatic carbocycles. The Morgan fingerprint density at radius 1 is 0.771 bits per heavy atom. The smallest absolute Gasteiger partial charge is 0.305 e. The number of fused-ring (bicyclic) bond motifs is 1. The molecule has 1 atom stereocenters. The van der Waals surface area contributed by atoms with Crippen LogP contribution in [0, 0.1) is 0 Å². The minimum atomic E-state index is -1.07. The zero-order valence-electron chi connectivity index (χ0n) is 28.8. The van der Waals surface area contributed by atoms with Gasteiger partial charge in [-0.2, -0.15) is 0 Å². The molecule has 0 saturated carbocycles. The number of anilines is 1. The fourth-order valence-electron chi connectivity index (χ4n) is 6.17. The number of rotatable bonds is 25. The lowest BCUT2D eigenvalue weighted by Gasteiger charge is -2.27. The van der Waals surface area contributed by atoms with Crippen molar-refractivity contribution in [3.05, 3.63) is 29.3 Å². The maximum atomic E-state index is 13.2. The summed E-state index contributed by atoms with van der Waals surface area (Å²) in [7, 11) is 0. The van der Waals surface area contributed by atoms with Crippen molar-refractivity contribution in [2.45, 2.75) is 141 Å². The van der Waals surface area contributed by atoms with E-state index in [0.29, 0.717) is 26.1 Å². The monoisotopic (exact) mass is 669 g/mol. The van der Waals surface area contributed by atoms with Crippen LogP contribution < -0.4 is 10.6 Å². The van der Waals surface area contributed by atoms with Gasteiger partial charge in [0, 0.05) is 25.9 Å². The molecule has 2 N–H and O–H groups in total. The number of benzene rings is 1. The lowest BCUT2D eigenvalue weighted by atomic mass is 10.0. The summed E-state index contributed by atoms with van der Waals surface area (Å²) >= 11 is 0. The van der Waals surface area contributed by atoms with Gasteiger partial charge in [-0.15, -0.1) is 0 Å². The van der Waals surface area contributed by atoms with Crippen LogP contribution in [0.2, 0.25) is 0 Å². The molecule has 0 aromatic heterocycles. The minimum Gasteiger partial charge on any atom is -0.463 e. The van der Waals surface area contributed by atoms with E-state index in [1.165, 1.54) is 76.7 Å². The number of carbonyl (C=O) groups excluding carboxylic acids is 6. The number of amides is 5. The van der Waals surface area contributed by atoms with Crippen LogP contribution in [0.1, 0.15) is 156 Å². The minimum absolute atomic E-state index is 0.0332. The lowest BCUT2D eigenvalue weighted by Crippen LogP contribution is -2.54. The Balaban J connectivity index is 1.17. The molecule has 1 unspecified atom stereocenters. The molecule has 3 rings (SSSR count). The van der Waals surface area contributed by atoms with Gasteiger partial charge in [-0.3, -0.25) is 39.0 Å². The van der Waals surface area contributed by atoms with Gasteiger partial charge >= 0.3 is 5.97 Å². The van der Waals surface area contributed by atoms with Crippen LogP contribution in [0.25, 0.3) is 0 Å². The molecule has 0 aliphatic carbocycles. The third-order valence-electron chi connectivity index (χ3n) is 8.91. The van der Waals surface area contributed by atoms with Crippen molar-refractivity contribution in [2.24, 2.45) is 0 Å². The topological polar surface area (TPSA) is 148 Å². The zero-order valence-corrected chi connectivity index (χ0v) is 28.8. The van der Waals surface area contributed by atoms with Crippen molar-refractivity contribution in [1.29, 1.82) is 0 Å². The van der Waals surface area contributed by atoms with Crippen molar-refractivity contribution in [3.8, 4) is 0 Å². The van der Waals surface area contributed by atoms with Gasteiger partial charge in [0.25, 0.3) is 11.8 Å². The second-order valence-electron chi connectivity index (χ2n) is 12.9. The molecule has 48 heavy (non-hydrogen) atoms. The molecular formula is C37H55N3O8. The van der Waals surface area contributed by atoms with E-state index in [1.807, 2.05) is 0 Å². The van der Waals surface area contributed by atoms with Gasteiger partial charge in [-0.1, -0.05) is 96.5 Å². The number of ether oxygens (including phenoxy) is 2. The van der Waals surface area contributed by atoms with Crippen LogP contribution in [0.15, 0.2) is 18.2 Å². The van der Waals surface area contributed by atoms with Crippen molar-refractivity contribution in [2.75, 3.05) is 25.1 Å². The SMILES string of the molecule is CCCCCCCCCCCCCCCC(=O)OCCOCCCCCC(=O)Nc1cccc2c1C(=O)N(C1CCC(=O)NC1=O)C2=O. The summed E-state index contributed by atoms with van der Waals surface area (Å²) in [6, 6.07) is 3.54. The summed E-state index contributed by atoms with van der Waals surface area (Å²) in [5, 5.41) is 4.90. The molecule has 266 valence electrons. The molecule has 2 heterocycles. The largest absolute Gasteiger partial charge is 0.463 e. The van der Waals surface area contributed by atoms with Crippen molar-refractivity contribution in [1.82, 2.24) is 10.2 Å². The first-order valence-corrected chi connectivity index (χ1v) is 18.2. The number of imide groups is 2.